The van der Waals surface area contributed by atoms with Gasteiger partial charge in [0.25, 0.3) is 0 Å². The van der Waals surface area contributed by atoms with Crippen molar-refractivity contribution in [3.8, 4) is 11.3 Å². The minimum absolute atomic E-state index is 0.228. The van der Waals surface area contributed by atoms with Crippen molar-refractivity contribution in [1.29, 1.82) is 0 Å². The number of rotatable bonds is 1. The van der Waals surface area contributed by atoms with Gasteiger partial charge in [-0.1, -0.05) is 23.7 Å². The first-order valence-electron chi connectivity index (χ1n) is 5.26. The summed E-state index contributed by atoms with van der Waals surface area (Å²) in [5, 5.41) is 1.55. The zero-order valence-corrected chi connectivity index (χ0v) is 9.63. The molecule has 0 radical (unpaired) electrons. The van der Waals surface area contributed by atoms with Gasteiger partial charge >= 0.3 is 0 Å². The maximum Gasteiger partial charge on any atom is 0.123 e. The van der Waals surface area contributed by atoms with Gasteiger partial charge in [0.05, 0.1) is 0 Å². The normalized spacial score (nSPS) is 10.9. The van der Waals surface area contributed by atoms with Crippen LogP contribution >= 0.6 is 11.6 Å². The largest absolute Gasteiger partial charge is 0.355 e. The van der Waals surface area contributed by atoms with E-state index in [1.165, 1.54) is 12.1 Å². The van der Waals surface area contributed by atoms with E-state index in [1.807, 2.05) is 30.3 Å². The van der Waals surface area contributed by atoms with E-state index >= 15 is 0 Å². The zero-order valence-electron chi connectivity index (χ0n) is 8.87. The molecule has 0 aliphatic heterocycles. The molecule has 0 fully saturated rings. The number of hydrogen-bond donors (Lipinski definition) is 1. The molecule has 0 bridgehead atoms. The van der Waals surface area contributed by atoms with Crippen molar-refractivity contribution < 1.29 is 4.39 Å². The van der Waals surface area contributed by atoms with E-state index in [0.29, 0.717) is 5.02 Å². The minimum atomic E-state index is -0.228. The molecule has 3 heteroatoms. The number of hydrogen-bond acceptors (Lipinski definition) is 0. The third-order valence-electron chi connectivity index (χ3n) is 2.72. The van der Waals surface area contributed by atoms with E-state index in [1.54, 1.807) is 6.07 Å². The fourth-order valence-electron chi connectivity index (χ4n) is 1.92. The zero-order chi connectivity index (χ0) is 11.8. The lowest BCUT2D eigenvalue weighted by molar-refractivity contribution is 0.630. The predicted octanol–water partition coefficient (Wildman–Crippen LogP) is 4.63. The molecule has 1 heterocycles. The number of halogens is 2. The summed E-state index contributed by atoms with van der Waals surface area (Å²) in [6.45, 7) is 0. The van der Waals surface area contributed by atoms with Gasteiger partial charge in [0.2, 0.25) is 0 Å². The third kappa shape index (κ3) is 1.92. The Bertz CT molecular complexity index is 688. The quantitative estimate of drug-likeness (QED) is 0.644. The van der Waals surface area contributed by atoms with E-state index in [0.717, 1.165) is 22.2 Å². The highest BCUT2D eigenvalue weighted by atomic mass is 35.5. The smallest absolute Gasteiger partial charge is 0.123 e. The molecule has 17 heavy (non-hydrogen) atoms. The lowest BCUT2D eigenvalue weighted by Gasteiger charge is -1.97. The molecule has 3 rings (SSSR count). The number of aromatic nitrogens is 1. The summed E-state index contributed by atoms with van der Waals surface area (Å²) in [5.41, 5.74) is 2.85. The number of fused-ring (bicyclic) bond motifs is 1. The monoisotopic (exact) mass is 245 g/mol. The summed E-state index contributed by atoms with van der Waals surface area (Å²) in [7, 11) is 0. The van der Waals surface area contributed by atoms with Gasteiger partial charge < -0.3 is 4.98 Å². The maximum absolute atomic E-state index is 13.1. The van der Waals surface area contributed by atoms with Crippen LogP contribution in [-0.4, -0.2) is 4.98 Å². The van der Waals surface area contributed by atoms with Crippen LogP contribution in [-0.2, 0) is 0 Å². The van der Waals surface area contributed by atoms with Crippen molar-refractivity contribution >= 4 is 22.5 Å². The van der Waals surface area contributed by atoms with Crippen molar-refractivity contribution in [1.82, 2.24) is 4.98 Å². The Balaban J connectivity index is 2.18. The van der Waals surface area contributed by atoms with E-state index in [4.69, 9.17) is 11.6 Å². The standard InChI is InChI=1S/C14H9ClFN/c15-11-3-1-2-9(6-11)14-8-10-7-12(16)4-5-13(10)17-14/h1-8,17H. The van der Waals surface area contributed by atoms with Crippen molar-refractivity contribution in [3.63, 3.8) is 0 Å². The van der Waals surface area contributed by atoms with Crippen LogP contribution in [0.2, 0.25) is 5.02 Å². The SMILES string of the molecule is Fc1ccc2[nH]c(-c3cccc(Cl)c3)cc2c1. The molecule has 0 atom stereocenters. The van der Waals surface area contributed by atoms with Gasteiger partial charge in [0.1, 0.15) is 5.82 Å². The number of nitrogens with one attached hydrogen (secondary N) is 1. The highest BCUT2D eigenvalue weighted by Crippen LogP contribution is 2.26. The van der Waals surface area contributed by atoms with Crippen molar-refractivity contribution in [3.05, 3.63) is 59.4 Å². The lowest BCUT2D eigenvalue weighted by Crippen LogP contribution is -1.76. The fourth-order valence-corrected chi connectivity index (χ4v) is 2.11. The van der Waals surface area contributed by atoms with Crippen LogP contribution in [0.3, 0.4) is 0 Å². The molecular weight excluding hydrogens is 237 g/mol. The van der Waals surface area contributed by atoms with E-state index in [2.05, 4.69) is 4.98 Å². The molecule has 0 amide bonds. The van der Waals surface area contributed by atoms with Crippen molar-refractivity contribution in [2.75, 3.05) is 0 Å². The van der Waals surface area contributed by atoms with Crippen LogP contribution in [0.5, 0.6) is 0 Å². The summed E-state index contributed by atoms with van der Waals surface area (Å²) < 4.78 is 13.1. The summed E-state index contributed by atoms with van der Waals surface area (Å²) in [6.07, 6.45) is 0. The van der Waals surface area contributed by atoms with Crippen LogP contribution in [0.25, 0.3) is 22.2 Å². The number of H-pyrrole nitrogens is 1. The van der Waals surface area contributed by atoms with Gasteiger partial charge in [0, 0.05) is 21.6 Å². The van der Waals surface area contributed by atoms with Gasteiger partial charge in [-0.05, 0) is 42.0 Å². The first-order valence-corrected chi connectivity index (χ1v) is 5.64. The molecule has 1 nitrogen and oxygen atoms in total. The van der Waals surface area contributed by atoms with Crippen LogP contribution < -0.4 is 0 Å². The van der Waals surface area contributed by atoms with Crippen LogP contribution in [0.1, 0.15) is 0 Å². The molecule has 0 unspecified atom stereocenters. The second-order valence-corrected chi connectivity index (χ2v) is 4.36. The molecule has 0 saturated heterocycles. The molecule has 1 aromatic heterocycles. The molecule has 0 spiro atoms. The van der Waals surface area contributed by atoms with Crippen LogP contribution in [0, 0.1) is 5.82 Å². The van der Waals surface area contributed by atoms with E-state index < -0.39 is 0 Å². The van der Waals surface area contributed by atoms with Gasteiger partial charge in [-0.15, -0.1) is 0 Å². The van der Waals surface area contributed by atoms with Crippen LogP contribution in [0.15, 0.2) is 48.5 Å². The molecule has 1 N–H and O–H groups in total. The minimum Gasteiger partial charge on any atom is -0.355 e. The topological polar surface area (TPSA) is 15.8 Å². The Morgan fingerprint density at radius 2 is 1.88 bits per heavy atom. The second-order valence-electron chi connectivity index (χ2n) is 3.92. The van der Waals surface area contributed by atoms with Crippen molar-refractivity contribution in [2.24, 2.45) is 0 Å². The number of aromatic amines is 1. The molecule has 84 valence electrons. The molecule has 3 aromatic rings. The molecule has 0 aliphatic rings. The summed E-state index contributed by atoms with van der Waals surface area (Å²) >= 11 is 5.94. The van der Waals surface area contributed by atoms with Gasteiger partial charge in [-0.3, -0.25) is 0 Å². The van der Waals surface area contributed by atoms with E-state index in [9.17, 15) is 4.39 Å². The lowest BCUT2D eigenvalue weighted by atomic mass is 10.1. The molecular formula is C14H9ClFN. The summed E-state index contributed by atoms with van der Waals surface area (Å²) in [5.74, 6) is -0.228. The Labute approximate surface area is 103 Å². The van der Waals surface area contributed by atoms with E-state index in [-0.39, 0.29) is 5.82 Å². The predicted molar refractivity (Wildman–Crippen MR) is 68.7 cm³/mol. The second kappa shape index (κ2) is 3.90. The first-order chi connectivity index (χ1) is 8.22. The average molecular weight is 246 g/mol. The average Bonchev–Trinajstić information content (AvgIpc) is 2.72. The highest BCUT2D eigenvalue weighted by molar-refractivity contribution is 6.30. The van der Waals surface area contributed by atoms with Gasteiger partial charge in [0.15, 0.2) is 0 Å². The Morgan fingerprint density at radius 1 is 1.00 bits per heavy atom. The van der Waals surface area contributed by atoms with Crippen molar-refractivity contribution in [2.45, 2.75) is 0 Å². The number of benzene rings is 2. The van der Waals surface area contributed by atoms with Crippen LogP contribution in [0.4, 0.5) is 4.39 Å². The fraction of sp³-hybridized carbons (Fsp3) is 0. The Kier molecular flexibility index (Phi) is 2.37. The van der Waals surface area contributed by atoms with Gasteiger partial charge in [-0.2, -0.15) is 0 Å². The first kappa shape index (κ1) is 10.4. The highest BCUT2D eigenvalue weighted by Gasteiger charge is 2.04. The summed E-state index contributed by atoms with van der Waals surface area (Å²) in [6, 6.07) is 14.2. The maximum atomic E-state index is 13.1. The third-order valence-corrected chi connectivity index (χ3v) is 2.95. The summed E-state index contributed by atoms with van der Waals surface area (Å²) in [4.78, 5) is 3.24. The molecule has 0 saturated carbocycles. The van der Waals surface area contributed by atoms with Gasteiger partial charge in [-0.25, -0.2) is 4.39 Å². The molecule has 0 aliphatic carbocycles. The Morgan fingerprint density at radius 3 is 2.71 bits per heavy atom. The molecule has 2 aromatic carbocycles. The Hall–Kier alpha value is -1.80.